The maximum Gasteiger partial charge on any atom is 0.0234 e. The molecule has 2 saturated heterocycles. The SMILES string of the molecule is NCC1CCCC2CN(Cc3ccccc3)CCN12. The minimum absolute atomic E-state index is 0.637. The first-order chi connectivity index (χ1) is 9.36. The fraction of sp³-hybridized carbons (Fsp3) is 0.625. The molecule has 0 bridgehead atoms. The van der Waals surface area contributed by atoms with Crippen molar-refractivity contribution in [3.8, 4) is 0 Å². The lowest BCUT2D eigenvalue weighted by Crippen LogP contribution is -2.59. The van der Waals surface area contributed by atoms with Crippen LogP contribution in [0.3, 0.4) is 0 Å². The lowest BCUT2D eigenvalue weighted by atomic mass is 9.93. The number of nitrogens with two attached hydrogens (primary N) is 1. The van der Waals surface area contributed by atoms with Gasteiger partial charge in [-0.2, -0.15) is 0 Å². The van der Waals surface area contributed by atoms with Crippen LogP contribution in [-0.2, 0) is 6.54 Å². The van der Waals surface area contributed by atoms with Gasteiger partial charge in [0.15, 0.2) is 0 Å². The molecule has 19 heavy (non-hydrogen) atoms. The molecule has 2 atom stereocenters. The Kier molecular flexibility index (Phi) is 4.16. The highest BCUT2D eigenvalue weighted by molar-refractivity contribution is 5.14. The molecule has 0 radical (unpaired) electrons. The van der Waals surface area contributed by atoms with Crippen LogP contribution < -0.4 is 5.73 Å². The molecule has 2 aliphatic heterocycles. The smallest absolute Gasteiger partial charge is 0.0234 e. The van der Waals surface area contributed by atoms with Gasteiger partial charge in [0.2, 0.25) is 0 Å². The Morgan fingerprint density at radius 1 is 1.11 bits per heavy atom. The second kappa shape index (κ2) is 6.04. The fourth-order valence-electron chi connectivity index (χ4n) is 3.66. The average molecular weight is 259 g/mol. The Labute approximate surface area is 116 Å². The van der Waals surface area contributed by atoms with Crippen molar-refractivity contribution in [3.63, 3.8) is 0 Å². The van der Waals surface area contributed by atoms with Crippen molar-refractivity contribution < 1.29 is 0 Å². The summed E-state index contributed by atoms with van der Waals surface area (Å²) in [6.07, 6.45) is 4.00. The summed E-state index contributed by atoms with van der Waals surface area (Å²) in [4.78, 5) is 5.28. The highest BCUT2D eigenvalue weighted by Gasteiger charge is 2.33. The monoisotopic (exact) mass is 259 g/mol. The molecule has 0 amide bonds. The van der Waals surface area contributed by atoms with Gasteiger partial charge in [0.1, 0.15) is 0 Å². The zero-order chi connectivity index (χ0) is 13.1. The molecule has 0 aliphatic carbocycles. The average Bonchev–Trinajstić information content (AvgIpc) is 2.47. The number of rotatable bonds is 3. The molecule has 1 aromatic rings. The highest BCUT2D eigenvalue weighted by atomic mass is 15.3. The minimum atomic E-state index is 0.637. The van der Waals surface area contributed by atoms with Crippen molar-refractivity contribution in [3.05, 3.63) is 35.9 Å². The Morgan fingerprint density at radius 3 is 2.74 bits per heavy atom. The van der Waals surface area contributed by atoms with E-state index in [1.54, 1.807) is 0 Å². The van der Waals surface area contributed by atoms with Crippen molar-refractivity contribution in [1.82, 2.24) is 9.80 Å². The van der Waals surface area contributed by atoms with Crippen LogP contribution in [0.2, 0.25) is 0 Å². The minimum Gasteiger partial charge on any atom is -0.329 e. The van der Waals surface area contributed by atoms with Gasteiger partial charge in [-0.1, -0.05) is 36.8 Å². The number of piperidine rings is 1. The first-order valence-corrected chi connectivity index (χ1v) is 7.59. The highest BCUT2D eigenvalue weighted by Crippen LogP contribution is 2.26. The predicted octanol–water partition coefficient (Wildman–Crippen LogP) is 1.68. The Hall–Kier alpha value is -0.900. The standard InChI is InChI=1S/C16H25N3/c17-11-15-7-4-8-16-13-18(9-10-19(15)16)12-14-5-2-1-3-6-14/h1-3,5-6,15-16H,4,7-13,17H2. The van der Waals surface area contributed by atoms with Gasteiger partial charge < -0.3 is 5.73 Å². The normalized spacial score (nSPS) is 29.1. The molecule has 0 aromatic heterocycles. The maximum atomic E-state index is 5.91. The summed E-state index contributed by atoms with van der Waals surface area (Å²) >= 11 is 0. The molecular weight excluding hydrogens is 234 g/mol. The summed E-state index contributed by atoms with van der Waals surface area (Å²) in [7, 11) is 0. The molecule has 0 spiro atoms. The van der Waals surface area contributed by atoms with Crippen LogP contribution in [0.1, 0.15) is 24.8 Å². The van der Waals surface area contributed by atoms with Crippen LogP contribution in [0.25, 0.3) is 0 Å². The van der Waals surface area contributed by atoms with Gasteiger partial charge in [0.25, 0.3) is 0 Å². The second-order valence-electron chi connectivity index (χ2n) is 5.93. The van der Waals surface area contributed by atoms with Crippen molar-refractivity contribution >= 4 is 0 Å². The summed E-state index contributed by atoms with van der Waals surface area (Å²) < 4.78 is 0. The molecule has 3 rings (SSSR count). The summed E-state index contributed by atoms with van der Waals surface area (Å²) in [6, 6.07) is 12.2. The number of fused-ring (bicyclic) bond motifs is 1. The summed E-state index contributed by atoms with van der Waals surface area (Å²) in [5.74, 6) is 0. The molecule has 3 heteroatoms. The zero-order valence-electron chi connectivity index (χ0n) is 11.7. The van der Waals surface area contributed by atoms with Crippen LogP contribution in [0, 0.1) is 0 Å². The number of hydrogen-bond donors (Lipinski definition) is 1. The number of piperazine rings is 1. The molecule has 1 aromatic carbocycles. The van der Waals surface area contributed by atoms with E-state index in [9.17, 15) is 0 Å². The lowest BCUT2D eigenvalue weighted by molar-refractivity contribution is 0.0104. The molecular formula is C16H25N3. The third kappa shape index (κ3) is 2.99. The fourth-order valence-corrected chi connectivity index (χ4v) is 3.66. The first kappa shape index (κ1) is 13.1. The summed E-state index contributed by atoms with van der Waals surface area (Å²) in [5, 5.41) is 0. The largest absolute Gasteiger partial charge is 0.329 e. The van der Waals surface area contributed by atoms with Gasteiger partial charge >= 0.3 is 0 Å². The molecule has 2 fully saturated rings. The molecule has 2 N–H and O–H groups in total. The van der Waals surface area contributed by atoms with Crippen molar-refractivity contribution in [1.29, 1.82) is 0 Å². The molecule has 3 nitrogen and oxygen atoms in total. The maximum absolute atomic E-state index is 5.91. The van der Waals surface area contributed by atoms with Crippen LogP contribution in [-0.4, -0.2) is 48.1 Å². The van der Waals surface area contributed by atoms with E-state index in [4.69, 9.17) is 5.73 Å². The Bertz CT molecular complexity index is 392. The summed E-state index contributed by atoms with van der Waals surface area (Å²) in [6.45, 7) is 5.51. The summed E-state index contributed by atoms with van der Waals surface area (Å²) in [5.41, 5.74) is 7.35. The van der Waals surface area contributed by atoms with E-state index in [1.165, 1.54) is 44.5 Å². The molecule has 0 saturated carbocycles. The van der Waals surface area contributed by atoms with Crippen LogP contribution >= 0.6 is 0 Å². The third-order valence-electron chi connectivity index (χ3n) is 4.68. The van der Waals surface area contributed by atoms with Crippen molar-refractivity contribution in [2.75, 3.05) is 26.2 Å². The van der Waals surface area contributed by atoms with Gasteiger partial charge in [-0.15, -0.1) is 0 Å². The van der Waals surface area contributed by atoms with Gasteiger partial charge in [0, 0.05) is 44.8 Å². The van der Waals surface area contributed by atoms with E-state index in [1.807, 2.05) is 0 Å². The number of hydrogen-bond acceptors (Lipinski definition) is 3. The van der Waals surface area contributed by atoms with Crippen LogP contribution in [0.15, 0.2) is 30.3 Å². The number of benzene rings is 1. The van der Waals surface area contributed by atoms with Crippen LogP contribution in [0.4, 0.5) is 0 Å². The van der Waals surface area contributed by atoms with E-state index in [-0.39, 0.29) is 0 Å². The van der Waals surface area contributed by atoms with Gasteiger partial charge in [0.05, 0.1) is 0 Å². The topological polar surface area (TPSA) is 32.5 Å². The zero-order valence-corrected chi connectivity index (χ0v) is 11.7. The van der Waals surface area contributed by atoms with Gasteiger partial charge in [-0.05, 0) is 18.4 Å². The van der Waals surface area contributed by atoms with Crippen molar-refractivity contribution in [2.45, 2.75) is 37.9 Å². The molecule has 104 valence electrons. The van der Waals surface area contributed by atoms with Crippen LogP contribution in [0.5, 0.6) is 0 Å². The quantitative estimate of drug-likeness (QED) is 0.896. The molecule has 2 aliphatic rings. The van der Waals surface area contributed by atoms with Gasteiger partial charge in [-0.25, -0.2) is 0 Å². The van der Waals surface area contributed by atoms with Gasteiger partial charge in [-0.3, -0.25) is 9.80 Å². The molecule has 2 unspecified atom stereocenters. The van der Waals surface area contributed by atoms with E-state index in [2.05, 4.69) is 40.1 Å². The lowest BCUT2D eigenvalue weighted by Gasteiger charge is -2.48. The van der Waals surface area contributed by atoms with E-state index in [0.29, 0.717) is 6.04 Å². The van der Waals surface area contributed by atoms with Crippen molar-refractivity contribution in [2.24, 2.45) is 5.73 Å². The molecule has 2 heterocycles. The first-order valence-electron chi connectivity index (χ1n) is 7.59. The van der Waals surface area contributed by atoms with E-state index in [0.717, 1.165) is 19.1 Å². The predicted molar refractivity (Wildman–Crippen MR) is 78.9 cm³/mol. The van der Waals surface area contributed by atoms with E-state index >= 15 is 0 Å². The third-order valence-corrected chi connectivity index (χ3v) is 4.68. The Morgan fingerprint density at radius 2 is 1.95 bits per heavy atom. The van der Waals surface area contributed by atoms with E-state index < -0.39 is 0 Å². The Balaban J connectivity index is 1.60. The number of nitrogens with zero attached hydrogens (tertiary/aromatic N) is 2. The second-order valence-corrected chi connectivity index (χ2v) is 5.93.